The van der Waals surface area contributed by atoms with Crippen molar-refractivity contribution in [1.29, 1.82) is 0 Å². The smallest absolute Gasteiger partial charge is 0.316 e. The largest absolute Gasteiger partial charge is 0.479 e. The van der Waals surface area contributed by atoms with E-state index in [9.17, 15) is 19.0 Å². The molecule has 0 saturated heterocycles. The van der Waals surface area contributed by atoms with Gasteiger partial charge in [-0.2, -0.15) is 18.7 Å². The Balaban J connectivity index is 2.45. The lowest BCUT2D eigenvalue weighted by atomic mass is 9.98. The van der Waals surface area contributed by atoms with Crippen molar-refractivity contribution in [1.82, 2.24) is 9.97 Å². The van der Waals surface area contributed by atoms with Crippen molar-refractivity contribution >= 4 is 5.82 Å². The Hall–Kier alpha value is -1.80. The van der Waals surface area contributed by atoms with Gasteiger partial charge in [0.05, 0.1) is 11.8 Å². The average Bonchev–Trinajstić information content (AvgIpc) is 2.65. The Morgan fingerprint density at radius 1 is 1.42 bits per heavy atom. The van der Waals surface area contributed by atoms with Crippen LogP contribution in [-0.4, -0.2) is 38.0 Å². The first-order valence-electron chi connectivity index (χ1n) is 5.61. The van der Waals surface area contributed by atoms with Crippen molar-refractivity contribution in [2.45, 2.75) is 18.4 Å². The molecule has 3 atom stereocenters. The van der Waals surface area contributed by atoms with E-state index in [-0.39, 0.29) is 17.9 Å². The summed E-state index contributed by atoms with van der Waals surface area (Å²) in [6.45, 7) is -0.416. The summed E-state index contributed by atoms with van der Waals surface area (Å²) in [5.41, 5.74) is 5.03. The van der Waals surface area contributed by atoms with Crippen LogP contribution in [0.1, 0.15) is 18.0 Å². The van der Waals surface area contributed by atoms with Crippen LogP contribution in [0.4, 0.5) is 14.6 Å². The van der Waals surface area contributed by atoms with E-state index in [0.717, 1.165) is 0 Å². The molecule has 1 aliphatic rings. The normalized spacial score (nSPS) is 26.7. The SMILES string of the molecule is Nc1cc(C2CC(CO)C(O)C2=C(F)F)nc(O)n1. The highest BCUT2D eigenvalue weighted by atomic mass is 19.3. The van der Waals surface area contributed by atoms with Gasteiger partial charge in [0.2, 0.25) is 0 Å². The average molecular weight is 273 g/mol. The third-order valence-corrected chi connectivity index (χ3v) is 3.24. The highest BCUT2D eigenvalue weighted by Gasteiger charge is 2.42. The number of hydrogen-bond acceptors (Lipinski definition) is 6. The standard InChI is InChI=1S/C11H13F2N3O3/c12-10(13)8-5(1-4(3-17)9(8)18)6-2-7(14)16-11(19)15-6/h2,4-5,9,17-18H,1,3H2,(H3,14,15,16,19). The summed E-state index contributed by atoms with van der Waals surface area (Å²) < 4.78 is 25.9. The number of nitrogens with zero attached hydrogens (tertiary/aromatic N) is 2. The Kier molecular flexibility index (Phi) is 3.63. The molecule has 0 spiro atoms. The number of nitrogen functional groups attached to an aromatic ring is 1. The van der Waals surface area contributed by atoms with E-state index in [1.54, 1.807) is 0 Å². The van der Waals surface area contributed by atoms with E-state index in [2.05, 4.69) is 9.97 Å². The topological polar surface area (TPSA) is 112 Å². The Bertz CT molecular complexity index is 500. The maximum absolute atomic E-state index is 12.9. The first-order valence-corrected chi connectivity index (χ1v) is 5.61. The van der Waals surface area contributed by atoms with Gasteiger partial charge in [0.1, 0.15) is 5.82 Å². The minimum Gasteiger partial charge on any atom is -0.479 e. The van der Waals surface area contributed by atoms with Gasteiger partial charge >= 0.3 is 6.01 Å². The molecule has 1 aromatic heterocycles. The summed E-state index contributed by atoms with van der Waals surface area (Å²) in [6, 6.07) is 0.648. The molecule has 1 aromatic rings. The number of anilines is 1. The van der Waals surface area contributed by atoms with Crippen LogP contribution in [0.15, 0.2) is 17.7 Å². The molecular weight excluding hydrogens is 260 g/mol. The fraction of sp³-hybridized carbons (Fsp3) is 0.455. The molecule has 2 rings (SSSR count). The zero-order valence-electron chi connectivity index (χ0n) is 9.79. The molecule has 6 nitrogen and oxygen atoms in total. The van der Waals surface area contributed by atoms with Gasteiger partial charge in [-0.1, -0.05) is 0 Å². The minimum absolute atomic E-state index is 0.0527. The summed E-state index contributed by atoms with van der Waals surface area (Å²) in [5.74, 6) is -1.64. The van der Waals surface area contributed by atoms with Gasteiger partial charge in [0, 0.05) is 30.1 Å². The number of aliphatic hydroxyl groups is 2. The Morgan fingerprint density at radius 2 is 2.11 bits per heavy atom. The molecule has 8 heteroatoms. The first-order chi connectivity index (χ1) is 8.93. The molecule has 1 saturated carbocycles. The molecule has 5 N–H and O–H groups in total. The molecule has 0 bridgehead atoms. The van der Waals surface area contributed by atoms with Gasteiger partial charge in [-0.25, -0.2) is 0 Å². The molecule has 1 fully saturated rings. The molecule has 0 radical (unpaired) electrons. The van der Waals surface area contributed by atoms with Crippen molar-refractivity contribution in [3.05, 3.63) is 23.4 Å². The zero-order chi connectivity index (χ0) is 14.2. The van der Waals surface area contributed by atoms with Gasteiger partial charge in [-0.3, -0.25) is 0 Å². The van der Waals surface area contributed by atoms with Crippen LogP contribution in [-0.2, 0) is 0 Å². The van der Waals surface area contributed by atoms with Crippen LogP contribution in [0.2, 0.25) is 0 Å². The van der Waals surface area contributed by atoms with Crippen molar-refractivity contribution in [2.75, 3.05) is 12.3 Å². The molecule has 0 amide bonds. The maximum Gasteiger partial charge on any atom is 0.316 e. The second-order valence-electron chi connectivity index (χ2n) is 4.41. The van der Waals surface area contributed by atoms with Crippen LogP contribution in [0.25, 0.3) is 0 Å². The molecule has 3 unspecified atom stereocenters. The van der Waals surface area contributed by atoms with Gasteiger partial charge in [0.15, 0.2) is 0 Å². The molecule has 1 aliphatic carbocycles. The Morgan fingerprint density at radius 3 is 2.63 bits per heavy atom. The fourth-order valence-corrected chi connectivity index (χ4v) is 2.37. The lowest BCUT2D eigenvalue weighted by molar-refractivity contribution is 0.108. The zero-order valence-corrected chi connectivity index (χ0v) is 9.79. The maximum atomic E-state index is 12.9. The highest BCUT2D eigenvalue weighted by molar-refractivity contribution is 5.38. The fourth-order valence-electron chi connectivity index (χ4n) is 2.37. The summed E-state index contributed by atoms with van der Waals surface area (Å²) in [5, 5.41) is 28.1. The van der Waals surface area contributed by atoms with Crippen LogP contribution in [0.3, 0.4) is 0 Å². The van der Waals surface area contributed by atoms with Gasteiger partial charge in [0.25, 0.3) is 6.08 Å². The number of aromatic nitrogens is 2. The minimum atomic E-state index is -2.01. The Labute approximate surface area is 107 Å². The number of aromatic hydroxyl groups is 1. The highest BCUT2D eigenvalue weighted by Crippen LogP contribution is 2.44. The lowest BCUT2D eigenvalue weighted by Gasteiger charge is -2.12. The van der Waals surface area contributed by atoms with Crippen molar-refractivity contribution in [3.8, 4) is 6.01 Å². The van der Waals surface area contributed by atoms with Gasteiger partial charge < -0.3 is 21.1 Å². The molecule has 1 heterocycles. The summed E-state index contributed by atoms with van der Waals surface area (Å²) in [6.07, 6.45) is -3.34. The van der Waals surface area contributed by atoms with E-state index < -0.39 is 42.2 Å². The molecule has 104 valence electrons. The summed E-state index contributed by atoms with van der Waals surface area (Å²) in [4.78, 5) is 7.10. The van der Waals surface area contributed by atoms with Crippen molar-refractivity contribution < 1.29 is 24.1 Å². The van der Waals surface area contributed by atoms with E-state index in [4.69, 9.17) is 10.8 Å². The second-order valence-corrected chi connectivity index (χ2v) is 4.41. The number of halogens is 2. The van der Waals surface area contributed by atoms with Crippen LogP contribution in [0, 0.1) is 5.92 Å². The quantitative estimate of drug-likeness (QED) is 0.619. The van der Waals surface area contributed by atoms with Crippen molar-refractivity contribution in [2.24, 2.45) is 5.92 Å². The first kappa shape index (κ1) is 13.6. The molecule has 0 aromatic carbocycles. The van der Waals surface area contributed by atoms with Gasteiger partial charge in [-0.05, 0) is 6.42 Å². The molecular formula is C11H13F2N3O3. The lowest BCUT2D eigenvalue weighted by Crippen LogP contribution is -2.18. The number of aliphatic hydroxyl groups excluding tert-OH is 2. The number of rotatable bonds is 2. The van der Waals surface area contributed by atoms with Crippen LogP contribution < -0.4 is 5.73 Å². The van der Waals surface area contributed by atoms with E-state index in [1.807, 2.05) is 0 Å². The van der Waals surface area contributed by atoms with Crippen LogP contribution in [0.5, 0.6) is 6.01 Å². The predicted octanol–water partition coefficient (Wildman–Crippen LogP) is 0.372. The summed E-state index contributed by atoms with van der Waals surface area (Å²) >= 11 is 0. The third kappa shape index (κ3) is 2.49. The second kappa shape index (κ2) is 5.06. The number of nitrogens with two attached hydrogens (primary N) is 1. The van der Waals surface area contributed by atoms with Gasteiger partial charge in [-0.15, -0.1) is 0 Å². The number of hydrogen-bond donors (Lipinski definition) is 4. The third-order valence-electron chi connectivity index (χ3n) is 3.24. The van der Waals surface area contributed by atoms with E-state index in [0.29, 0.717) is 0 Å². The molecule has 19 heavy (non-hydrogen) atoms. The predicted molar refractivity (Wildman–Crippen MR) is 61.3 cm³/mol. The summed E-state index contributed by atoms with van der Waals surface area (Å²) in [7, 11) is 0. The van der Waals surface area contributed by atoms with Crippen LogP contribution >= 0.6 is 0 Å². The molecule has 0 aliphatic heterocycles. The van der Waals surface area contributed by atoms with E-state index >= 15 is 0 Å². The van der Waals surface area contributed by atoms with Crippen molar-refractivity contribution in [3.63, 3.8) is 0 Å². The van der Waals surface area contributed by atoms with E-state index in [1.165, 1.54) is 6.07 Å². The monoisotopic (exact) mass is 273 g/mol.